The molecule has 2 aromatic carbocycles. The maximum atomic E-state index is 11.9. The summed E-state index contributed by atoms with van der Waals surface area (Å²) in [5.74, 6) is 0.806. The minimum absolute atomic E-state index is 0.136. The molecule has 0 aliphatic carbocycles. The molecule has 5 heterocycles. The van der Waals surface area contributed by atoms with Crippen molar-refractivity contribution in [2.45, 2.75) is 57.3 Å². The number of hydrogen-bond donors (Lipinski definition) is 1. The number of amides is 1. The number of hydrogen-bond acceptors (Lipinski definition) is 9. The van der Waals surface area contributed by atoms with Crippen LogP contribution < -0.4 is 14.5 Å². The number of carbonyl (C=O) groups is 1. The molecule has 0 spiro atoms. The van der Waals surface area contributed by atoms with Crippen LogP contribution in [0.25, 0.3) is 10.8 Å². The Kier molecular flexibility index (Phi) is 7.87. The number of likely N-dealkylation sites (tertiary alicyclic amines) is 1. The number of anilines is 2. The molecule has 1 N–H and O–H groups in total. The molecule has 7 rings (SSSR count). The number of ether oxygens (including phenoxy) is 2. The molecule has 4 aliphatic heterocycles. The second-order valence-electron chi connectivity index (χ2n) is 12.4. The van der Waals surface area contributed by atoms with E-state index in [2.05, 4.69) is 64.1 Å². The molecule has 3 saturated heterocycles. The van der Waals surface area contributed by atoms with Gasteiger partial charge in [-0.05, 0) is 43.2 Å². The largest absolute Gasteiger partial charge is 0.465 e. The Morgan fingerprint density at radius 3 is 2.77 bits per heavy atom. The van der Waals surface area contributed by atoms with E-state index in [-0.39, 0.29) is 6.42 Å². The Morgan fingerprint density at radius 2 is 2.00 bits per heavy atom. The van der Waals surface area contributed by atoms with Crippen LogP contribution in [-0.4, -0.2) is 102 Å². The molecule has 2 bridgehead atoms. The SMILES string of the molecule is Cc1cccc2cccc(N3CCc4c(nc(OCCCN5C[C@@H]6C[C@H]5CO6)nc4N4CCN(C(=O)O)C(CC#N)C4)C3)c12. The Hall–Kier alpha value is -4.14. The van der Waals surface area contributed by atoms with Gasteiger partial charge in [-0.25, -0.2) is 4.79 Å². The van der Waals surface area contributed by atoms with Crippen molar-refractivity contribution in [3.8, 4) is 12.1 Å². The second-order valence-corrected chi connectivity index (χ2v) is 12.4. The quantitative estimate of drug-likeness (QED) is 0.384. The number of nitrogens with zero attached hydrogens (tertiary/aromatic N) is 7. The first kappa shape index (κ1) is 28.6. The zero-order valence-electron chi connectivity index (χ0n) is 25.2. The normalized spacial score (nSPS) is 23.2. The summed E-state index contributed by atoms with van der Waals surface area (Å²) in [7, 11) is 0. The number of fused-ring (bicyclic) bond motifs is 4. The first-order chi connectivity index (χ1) is 21.5. The molecule has 0 radical (unpaired) electrons. The fourth-order valence-corrected chi connectivity index (χ4v) is 7.45. The van der Waals surface area contributed by atoms with Gasteiger partial charge < -0.3 is 29.3 Å². The zero-order chi connectivity index (χ0) is 30.2. The Labute approximate surface area is 257 Å². The molecule has 230 valence electrons. The number of benzene rings is 2. The average molecular weight is 598 g/mol. The van der Waals surface area contributed by atoms with Gasteiger partial charge in [-0.2, -0.15) is 15.2 Å². The lowest BCUT2D eigenvalue weighted by Gasteiger charge is -2.41. The van der Waals surface area contributed by atoms with E-state index in [9.17, 15) is 15.2 Å². The molecule has 1 aromatic heterocycles. The lowest BCUT2D eigenvalue weighted by Crippen LogP contribution is -2.55. The highest BCUT2D eigenvalue weighted by Gasteiger charge is 2.38. The van der Waals surface area contributed by atoms with Crippen LogP contribution in [0.2, 0.25) is 0 Å². The van der Waals surface area contributed by atoms with Gasteiger partial charge in [-0.3, -0.25) is 4.90 Å². The van der Waals surface area contributed by atoms with Crippen LogP contribution in [-0.2, 0) is 17.7 Å². The fourth-order valence-electron chi connectivity index (χ4n) is 7.45. The molecule has 3 aromatic rings. The van der Waals surface area contributed by atoms with Crippen LogP contribution in [0.5, 0.6) is 6.01 Å². The highest BCUT2D eigenvalue weighted by molar-refractivity contribution is 5.97. The lowest BCUT2D eigenvalue weighted by molar-refractivity contribution is 0.0287. The standard InChI is InChI=1S/C33H39N7O4/c1-22-5-2-6-23-7-3-8-29(30(22)23)38-13-10-27-28(20-38)35-32(43-16-4-12-37-19-26-17-25(37)21-44-26)36-31(27)39-14-15-40(33(41)42)24(18-39)9-11-34/h2-3,5-8,24-26H,4,9-10,12-21H2,1H3,(H,41,42)/t24?,25-,26-/m0/s1. The van der Waals surface area contributed by atoms with Crippen LogP contribution in [0.1, 0.15) is 36.1 Å². The Morgan fingerprint density at radius 1 is 1.14 bits per heavy atom. The third-order valence-electron chi connectivity index (χ3n) is 9.64. The van der Waals surface area contributed by atoms with E-state index in [4.69, 9.17) is 19.4 Å². The summed E-state index contributed by atoms with van der Waals surface area (Å²) in [4.78, 5) is 30.2. The highest BCUT2D eigenvalue weighted by atomic mass is 16.5. The van der Waals surface area contributed by atoms with E-state index in [0.29, 0.717) is 50.9 Å². The van der Waals surface area contributed by atoms with Crippen molar-refractivity contribution in [3.63, 3.8) is 0 Å². The third-order valence-corrected chi connectivity index (χ3v) is 9.64. The number of aromatic nitrogens is 2. The maximum Gasteiger partial charge on any atom is 0.407 e. The van der Waals surface area contributed by atoms with E-state index < -0.39 is 12.1 Å². The van der Waals surface area contributed by atoms with E-state index in [1.165, 1.54) is 26.9 Å². The lowest BCUT2D eigenvalue weighted by atomic mass is 9.99. The third kappa shape index (κ3) is 5.48. The van der Waals surface area contributed by atoms with Crippen molar-refractivity contribution in [3.05, 3.63) is 53.2 Å². The predicted molar refractivity (Wildman–Crippen MR) is 166 cm³/mol. The molecule has 0 saturated carbocycles. The van der Waals surface area contributed by atoms with E-state index in [0.717, 1.165) is 62.6 Å². The molecule has 3 fully saturated rings. The Bertz CT molecular complexity index is 1590. The Balaban J connectivity index is 1.15. The van der Waals surface area contributed by atoms with Crippen LogP contribution in [0.3, 0.4) is 0 Å². The summed E-state index contributed by atoms with van der Waals surface area (Å²) in [6.07, 6.45) is 2.30. The van der Waals surface area contributed by atoms with Crippen LogP contribution >= 0.6 is 0 Å². The van der Waals surface area contributed by atoms with Crippen molar-refractivity contribution in [1.82, 2.24) is 19.8 Å². The van der Waals surface area contributed by atoms with Gasteiger partial charge in [0.25, 0.3) is 0 Å². The average Bonchev–Trinajstić information content (AvgIpc) is 3.66. The molecule has 1 unspecified atom stereocenters. The minimum atomic E-state index is -0.988. The van der Waals surface area contributed by atoms with Crippen molar-refractivity contribution >= 4 is 28.4 Å². The van der Waals surface area contributed by atoms with Crippen molar-refractivity contribution in [1.29, 1.82) is 5.26 Å². The van der Waals surface area contributed by atoms with Gasteiger partial charge in [0.05, 0.1) is 50.1 Å². The van der Waals surface area contributed by atoms with Gasteiger partial charge in [0.1, 0.15) is 5.82 Å². The molecule has 11 heteroatoms. The first-order valence-electron chi connectivity index (χ1n) is 15.7. The minimum Gasteiger partial charge on any atom is -0.465 e. The molecule has 11 nitrogen and oxygen atoms in total. The number of morpholine rings is 1. The van der Waals surface area contributed by atoms with Crippen molar-refractivity contribution in [2.75, 3.05) is 62.3 Å². The van der Waals surface area contributed by atoms with Gasteiger partial charge in [0.2, 0.25) is 0 Å². The van der Waals surface area contributed by atoms with Crippen molar-refractivity contribution in [2.24, 2.45) is 0 Å². The van der Waals surface area contributed by atoms with Gasteiger partial charge in [0.15, 0.2) is 0 Å². The summed E-state index contributed by atoms with van der Waals surface area (Å²) in [6, 6.07) is 15.5. The topological polar surface area (TPSA) is 118 Å². The zero-order valence-corrected chi connectivity index (χ0v) is 25.2. The summed E-state index contributed by atoms with van der Waals surface area (Å²) >= 11 is 0. The molecule has 44 heavy (non-hydrogen) atoms. The predicted octanol–water partition coefficient (Wildman–Crippen LogP) is 3.83. The molecular formula is C33H39N7O4. The smallest absolute Gasteiger partial charge is 0.407 e. The highest BCUT2D eigenvalue weighted by Crippen LogP contribution is 2.36. The van der Waals surface area contributed by atoms with Crippen molar-refractivity contribution < 1.29 is 19.4 Å². The molecule has 3 atom stereocenters. The number of nitriles is 1. The summed E-state index contributed by atoms with van der Waals surface area (Å²) in [6.45, 7) is 8.14. The monoisotopic (exact) mass is 597 g/mol. The summed E-state index contributed by atoms with van der Waals surface area (Å²) < 4.78 is 12.0. The van der Waals surface area contributed by atoms with Gasteiger partial charge in [-0.15, -0.1) is 0 Å². The number of rotatable bonds is 8. The number of piperazine rings is 1. The molecule has 1 amide bonds. The summed E-state index contributed by atoms with van der Waals surface area (Å²) in [5, 5.41) is 21.6. The summed E-state index contributed by atoms with van der Waals surface area (Å²) in [5.41, 5.74) is 4.46. The van der Waals surface area contributed by atoms with E-state index in [1.807, 2.05) is 0 Å². The van der Waals surface area contributed by atoms with E-state index >= 15 is 0 Å². The van der Waals surface area contributed by atoms with Crippen LogP contribution in [0, 0.1) is 18.3 Å². The molecule has 4 aliphatic rings. The first-order valence-corrected chi connectivity index (χ1v) is 15.7. The molecular weight excluding hydrogens is 558 g/mol. The van der Waals surface area contributed by atoms with Gasteiger partial charge in [-0.1, -0.05) is 30.3 Å². The van der Waals surface area contributed by atoms with Gasteiger partial charge in [0, 0.05) is 61.9 Å². The van der Waals surface area contributed by atoms with Gasteiger partial charge >= 0.3 is 12.1 Å². The van der Waals surface area contributed by atoms with Crippen LogP contribution in [0.4, 0.5) is 16.3 Å². The maximum absolute atomic E-state index is 11.9. The van der Waals surface area contributed by atoms with Crippen LogP contribution in [0.15, 0.2) is 36.4 Å². The fraction of sp³-hybridized carbons (Fsp3) is 0.515. The second kappa shape index (κ2) is 12.1. The van der Waals surface area contributed by atoms with E-state index in [1.54, 1.807) is 0 Å². The number of carboxylic acid groups (broad SMARTS) is 1. The number of aryl methyl sites for hydroxylation is 1.